The van der Waals surface area contributed by atoms with Gasteiger partial charge in [-0.25, -0.2) is 4.39 Å². The average Bonchev–Trinajstić information content (AvgIpc) is 3.16. The highest BCUT2D eigenvalue weighted by molar-refractivity contribution is 5.91. The Morgan fingerprint density at radius 2 is 1.87 bits per heavy atom. The van der Waals surface area contributed by atoms with Crippen molar-refractivity contribution in [3.63, 3.8) is 0 Å². The molecule has 0 spiro atoms. The quantitative estimate of drug-likeness (QED) is 0.471. The number of likely N-dealkylation sites (tertiary alicyclic amines) is 1. The number of pyridine rings is 1. The van der Waals surface area contributed by atoms with Crippen molar-refractivity contribution < 1.29 is 22.4 Å². The fraction of sp³-hybridized carbons (Fsp3) is 0.286. The predicted molar refractivity (Wildman–Crippen MR) is 102 cm³/mol. The van der Waals surface area contributed by atoms with Crippen LogP contribution in [0.3, 0.4) is 0 Å². The van der Waals surface area contributed by atoms with E-state index in [1.807, 2.05) is 0 Å². The first-order chi connectivity index (χ1) is 14.3. The van der Waals surface area contributed by atoms with Gasteiger partial charge in [-0.3, -0.25) is 9.20 Å². The summed E-state index contributed by atoms with van der Waals surface area (Å²) in [7, 11) is 0. The van der Waals surface area contributed by atoms with Crippen molar-refractivity contribution >= 4 is 17.6 Å². The Bertz CT molecular complexity index is 1090. The number of hydrogen-bond acceptors (Lipinski definition) is 3. The van der Waals surface area contributed by atoms with Gasteiger partial charge in [0.2, 0.25) is 5.91 Å². The van der Waals surface area contributed by atoms with Crippen LogP contribution in [0.5, 0.6) is 0 Å². The van der Waals surface area contributed by atoms with Crippen LogP contribution in [0.15, 0.2) is 48.7 Å². The van der Waals surface area contributed by atoms with Crippen LogP contribution in [0.25, 0.3) is 11.7 Å². The van der Waals surface area contributed by atoms with E-state index in [1.165, 1.54) is 28.7 Å². The third-order valence-electron chi connectivity index (χ3n) is 5.14. The number of piperidine rings is 1. The molecule has 1 fully saturated rings. The molecule has 30 heavy (non-hydrogen) atoms. The van der Waals surface area contributed by atoms with E-state index >= 15 is 0 Å². The molecule has 9 heteroatoms. The summed E-state index contributed by atoms with van der Waals surface area (Å²) in [5.41, 5.74) is 0.251. The van der Waals surface area contributed by atoms with Gasteiger partial charge in [0.15, 0.2) is 5.65 Å². The monoisotopic (exact) mass is 418 g/mol. The highest BCUT2D eigenvalue weighted by atomic mass is 19.4. The highest BCUT2D eigenvalue weighted by Gasteiger charge is 2.32. The van der Waals surface area contributed by atoms with Gasteiger partial charge in [0.05, 0.1) is 5.56 Å². The normalized spacial score (nSPS) is 17.7. The number of aromatic nitrogens is 3. The van der Waals surface area contributed by atoms with Crippen molar-refractivity contribution in [1.82, 2.24) is 19.5 Å². The topological polar surface area (TPSA) is 50.5 Å². The first kappa shape index (κ1) is 20.1. The number of carbonyl (C=O) groups excluding carboxylic acids is 1. The molecule has 5 nitrogen and oxygen atoms in total. The fourth-order valence-electron chi connectivity index (χ4n) is 3.59. The molecule has 1 aliphatic heterocycles. The molecule has 2 aromatic heterocycles. The van der Waals surface area contributed by atoms with E-state index in [0.717, 1.165) is 12.3 Å². The second-order valence-corrected chi connectivity index (χ2v) is 7.21. The Hall–Kier alpha value is -3.23. The summed E-state index contributed by atoms with van der Waals surface area (Å²) in [4.78, 5) is 14.2. The summed E-state index contributed by atoms with van der Waals surface area (Å²) in [6.07, 6.45) is 0.958. The summed E-state index contributed by atoms with van der Waals surface area (Å²) in [6.45, 7) is 0.886. The number of alkyl halides is 3. The minimum atomic E-state index is -4.46. The van der Waals surface area contributed by atoms with E-state index in [4.69, 9.17) is 0 Å². The maximum absolute atomic E-state index is 13.1. The molecule has 0 N–H and O–H groups in total. The van der Waals surface area contributed by atoms with Gasteiger partial charge < -0.3 is 4.90 Å². The van der Waals surface area contributed by atoms with Gasteiger partial charge in [-0.05, 0) is 48.7 Å². The van der Waals surface area contributed by atoms with E-state index in [1.54, 1.807) is 23.1 Å². The number of carbonyl (C=O) groups is 1. The molecule has 1 aromatic carbocycles. The average molecular weight is 418 g/mol. The van der Waals surface area contributed by atoms with Gasteiger partial charge in [-0.1, -0.05) is 12.1 Å². The Morgan fingerprint density at radius 1 is 1.10 bits per heavy atom. The SMILES string of the molecule is O=C(/C=C/c1ccc(F)cc1)N1CCCC(c2nnc3ccc(C(F)(F)F)cn23)C1. The van der Waals surface area contributed by atoms with Crippen LogP contribution in [0.1, 0.15) is 35.7 Å². The molecular weight excluding hydrogens is 400 g/mol. The lowest BCUT2D eigenvalue weighted by atomic mass is 9.97. The Morgan fingerprint density at radius 3 is 2.60 bits per heavy atom. The molecule has 1 amide bonds. The maximum Gasteiger partial charge on any atom is 0.417 e. The van der Waals surface area contributed by atoms with Gasteiger partial charge in [-0.15, -0.1) is 10.2 Å². The van der Waals surface area contributed by atoms with Crippen LogP contribution in [-0.4, -0.2) is 38.5 Å². The van der Waals surface area contributed by atoms with E-state index in [-0.39, 0.29) is 17.6 Å². The molecule has 0 saturated carbocycles. The summed E-state index contributed by atoms with van der Waals surface area (Å²) in [6, 6.07) is 8.03. The molecule has 1 atom stereocenters. The van der Waals surface area contributed by atoms with Crippen LogP contribution in [-0.2, 0) is 11.0 Å². The largest absolute Gasteiger partial charge is 0.417 e. The second kappa shape index (κ2) is 7.89. The van der Waals surface area contributed by atoms with E-state index < -0.39 is 11.7 Å². The number of amides is 1. The van der Waals surface area contributed by atoms with Crippen LogP contribution < -0.4 is 0 Å². The second-order valence-electron chi connectivity index (χ2n) is 7.21. The van der Waals surface area contributed by atoms with E-state index in [9.17, 15) is 22.4 Å². The van der Waals surface area contributed by atoms with E-state index in [2.05, 4.69) is 10.2 Å². The molecule has 1 saturated heterocycles. The lowest BCUT2D eigenvalue weighted by Gasteiger charge is -2.31. The zero-order valence-electron chi connectivity index (χ0n) is 15.8. The summed E-state index contributed by atoms with van der Waals surface area (Å²) >= 11 is 0. The minimum absolute atomic E-state index is 0.214. The number of benzene rings is 1. The fourth-order valence-corrected chi connectivity index (χ4v) is 3.59. The smallest absolute Gasteiger partial charge is 0.338 e. The van der Waals surface area contributed by atoms with Crippen molar-refractivity contribution in [3.8, 4) is 0 Å². The summed E-state index contributed by atoms with van der Waals surface area (Å²) < 4.78 is 53.6. The molecule has 0 aliphatic carbocycles. The molecular formula is C21H18F4N4O. The molecule has 156 valence electrons. The first-order valence-electron chi connectivity index (χ1n) is 9.46. The number of hydrogen-bond donors (Lipinski definition) is 0. The number of rotatable bonds is 3. The minimum Gasteiger partial charge on any atom is -0.338 e. The van der Waals surface area contributed by atoms with Crippen molar-refractivity contribution in [1.29, 1.82) is 0 Å². The van der Waals surface area contributed by atoms with E-state index in [0.29, 0.717) is 43.0 Å². The van der Waals surface area contributed by atoms with Crippen molar-refractivity contribution in [3.05, 3.63) is 71.4 Å². The Kier molecular flexibility index (Phi) is 5.27. The van der Waals surface area contributed by atoms with Crippen LogP contribution >= 0.6 is 0 Å². The highest BCUT2D eigenvalue weighted by Crippen LogP contribution is 2.31. The third-order valence-corrected chi connectivity index (χ3v) is 5.14. The van der Waals surface area contributed by atoms with Gasteiger partial charge in [0.25, 0.3) is 0 Å². The molecule has 3 aromatic rings. The molecule has 4 rings (SSSR count). The van der Waals surface area contributed by atoms with Crippen molar-refractivity contribution in [2.45, 2.75) is 24.9 Å². The molecule has 0 radical (unpaired) electrons. The predicted octanol–water partition coefficient (Wildman–Crippen LogP) is 4.31. The summed E-state index contributed by atoms with van der Waals surface area (Å²) in [5.74, 6) is -0.378. The first-order valence-corrected chi connectivity index (χ1v) is 9.46. The lowest BCUT2D eigenvalue weighted by molar-refractivity contribution is -0.137. The zero-order chi connectivity index (χ0) is 21.3. The lowest BCUT2D eigenvalue weighted by Crippen LogP contribution is -2.38. The maximum atomic E-state index is 13.1. The third kappa shape index (κ3) is 4.19. The van der Waals surface area contributed by atoms with Gasteiger partial charge in [0, 0.05) is 31.3 Å². The number of fused-ring (bicyclic) bond motifs is 1. The zero-order valence-corrected chi connectivity index (χ0v) is 15.8. The molecule has 1 unspecified atom stereocenters. The summed E-state index contributed by atoms with van der Waals surface area (Å²) in [5, 5.41) is 8.06. The van der Waals surface area contributed by atoms with Gasteiger partial charge >= 0.3 is 6.18 Å². The van der Waals surface area contributed by atoms with Gasteiger partial charge in [0.1, 0.15) is 11.6 Å². The van der Waals surface area contributed by atoms with Crippen LogP contribution in [0.4, 0.5) is 17.6 Å². The Labute approximate surface area is 169 Å². The molecule has 1 aliphatic rings. The van der Waals surface area contributed by atoms with Crippen molar-refractivity contribution in [2.75, 3.05) is 13.1 Å². The van der Waals surface area contributed by atoms with Crippen LogP contribution in [0, 0.1) is 5.82 Å². The van der Waals surface area contributed by atoms with Crippen molar-refractivity contribution in [2.24, 2.45) is 0 Å². The molecule has 3 heterocycles. The molecule has 0 bridgehead atoms. The van der Waals surface area contributed by atoms with Gasteiger partial charge in [-0.2, -0.15) is 13.2 Å². The standard InChI is InChI=1S/C21H18F4N4O/c22-17-7-3-14(4-8-17)5-10-19(30)28-11-1-2-15(12-28)20-27-26-18-9-6-16(13-29(18)20)21(23,24)25/h3-10,13,15H,1-2,11-12H2/b10-5+. The number of halogens is 4. The number of nitrogens with zero attached hydrogens (tertiary/aromatic N) is 4. The van der Waals surface area contributed by atoms with Crippen LogP contribution in [0.2, 0.25) is 0 Å². The Balaban J connectivity index is 1.52.